The minimum Gasteiger partial charge on any atom is -0.380 e. The lowest BCUT2D eigenvalue weighted by Gasteiger charge is -2.18. The fourth-order valence-electron chi connectivity index (χ4n) is 1.94. The van der Waals surface area contributed by atoms with Crippen LogP contribution < -0.4 is 4.90 Å². The molecule has 1 aliphatic rings. The first-order chi connectivity index (χ1) is 8.00. The van der Waals surface area contributed by atoms with Crippen molar-refractivity contribution in [3.8, 4) is 0 Å². The number of ether oxygens (including phenoxy) is 1. The number of aromatic nitrogens is 1. The van der Waals surface area contributed by atoms with Gasteiger partial charge in [-0.25, -0.2) is 8.42 Å². The maximum atomic E-state index is 11.4. The summed E-state index contributed by atoms with van der Waals surface area (Å²) in [6, 6.07) is 1.67. The molecule has 1 aliphatic heterocycles. The Bertz CT molecular complexity index is 501. The van der Waals surface area contributed by atoms with Gasteiger partial charge in [-0.05, 0) is 12.5 Å². The van der Waals surface area contributed by atoms with E-state index in [4.69, 9.17) is 4.74 Å². The van der Waals surface area contributed by atoms with Gasteiger partial charge in [-0.15, -0.1) is 0 Å². The number of methoxy groups -OCH3 is 1. The Morgan fingerprint density at radius 1 is 1.47 bits per heavy atom. The Morgan fingerprint density at radius 3 is 2.82 bits per heavy atom. The summed E-state index contributed by atoms with van der Waals surface area (Å²) in [7, 11) is -1.50. The van der Waals surface area contributed by atoms with Crippen LogP contribution in [0, 0.1) is 0 Å². The van der Waals surface area contributed by atoms with Crippen LogP contribution in [-0.4, -0.2) is 46.0 Å². The minimum atomic E-state index is -3.19. The van der Waals surface area contributed by atoms with E-state index < -0.39 is 9.84 Å². The van der Waals surface area contributed by atoms with E-state index in [1.54, 1.807) is 19.4 Å². The summed E-state index contributed by atoms with van der Waals surface area (Å²) in [6.45, 7) is 1.65. The summed E-state index contributed by atoms with van der Waals surface area (Å²) < 4.78 is 28.2. The predicted molar refractivity (Wildman–Crippen MR) is 65.0 cm³/mol. The molecule has 0 radical (unpaired) electrons. The highest BCUT2D eigenvalue weighted by Crippen LogP contribution is 2.23. The van der Waals surface area contributed by atoms with Gasteiger partial charge in [0.2, 0.25) is 0 Å². The molecule has 1 atom stereocenters. The molecule has 5 nitrogen and oxygen atoms in total. The van der Waals surface area contributed by atoms with Crippen molar-refractivity contribution in [2.75, 3.05) is 31.4 Å². The third-order valence-electron chi connectivity index (χ3n) is 2.97. The molecule has 0 aromatic carbocycles. The molecule has 0 amide bonds. The zero-order valence-corrected chi connectivity index (χ0v) is 10.8. The molecule has 0 bridgehead atoms. The molecule has 0 spiro atoms. The smallest absolute Gasteiger partial charge is 0.177 e. The molecule has 17 heavy (non-hydrogen) atoms. The number of anilines is 1. The Morgan fingerprint density at radius 2 is 2.24 bits per heavy atom. The summed E-state index contributed by atoms with van der Waals surface area (Å²) in [6.07, 6.45) is 5.43. The van der Waals surface area contributed by atoms with E-state index >= 15 is 0 Å². The summed E-state index contributed by atoms with van der Waals surface area (Å²) in [5.74, 6) is 0. The van der Waals surface area contributed by atoms with Gasteiger partial charge in [0, 0.05) is 32.7 Å². The van der Waals surface area contributed by atoms with E-state index in [-0.39, 0.29) is 11.0 Å². The summed E-state index contributed by atoms with van der Waals surface area (Å²) in [4.78, 5) is 6.34. The lowest BCUT2D eigenvalue weighted by molar-refractivity contribution is 0.121. The number of nitrogens with zero attached hydrogens (tertiary/aromatic N) is 2. The van der Waals surface area contributed by atoms with Crippen LogP contribution >= 0.6 is 0 Å². The van der Waals surface area contributed by atoms with Gasteiger partial charge in [-0.3, -0.25) is 4.98 Å². The van der Waals surface area contributed by atoms with Crippen molar-refractivity contribution in [1.29, 1.82) is 0 Å². The third-order valence-corrected chi connectivity index (χ3v) is 4.05. The van der Waals surface area contributed by atoms with Crippen molar-refractivity contribution in [3.05, 3.63) is 18.5 Å². The van der Waals surface area contributed by atoms with Crippen molar-refractivity contribution in [3.63, 3.8) is 0 Å². The molecule has 1 aromatic heterocycles. The third kappa shape index (κ3) is 2.76. The molecule has 1 aromatic rings. The number of hydrogen-bond acceptors (Lipinski definition) is 5. The topological polar surface area (TPSA) is 59.5 Å². The summed E-state index contributed by atoms with van der Waals surface area (Å²) in [5, 5.41) is 0. The fourth-order valence-corrected chi connectivity index (χ4v) is 2.53. The van der Waals surface area contributed by atoms with Crippen LogP contribution in [0.3, 0.4) is 0 Å². The van der Waals surface area contributed by atoms with E-state index in [9.17, 15) is 8.42 Å². The number of pyridine rings is 1. The Hall–Kier alpha value is -1.14. The van der Waals surface area contributed by atoms with Crippen molar-refractivity contribution in [2.45, 2.75) is 17.4 Å². The highest BCUT2D eigenvalue weighted by Gasteiger charge is 2.23. The molecule has 0 unspecified atom stereocenters. The van der Waals surface area contributed by atoms with Crippen LogP contribution in [0.2, 0.25) is 0 Å². The number of rotatable bonds is 3. The van der Waals surface area contributed by atoms with Gasteiger partial charge >= 0.3 is 0 Å². The average molecular weight is 256 g/mol. The number of sulfone groups is 1. The van der Waals surface area contributed by atoms with Crippen LogP contribution in [0.5, 0.6) is 0 Å². The monoisotopic (exact) mass is 256 g/mol. The van der Waals surface area contributed by atoms with E-state index in [0.717, 1.165) is 25.2 Å². The van der Waals surface area contributed by atoms with E-state index in [1.165, 1.54) is 12.5 Å². The van der Waals surface area contributed by atoms with Crippen molar-refractivity contribution in [2.24, 2.45) is 0 Å². The van der Waals surface area contributed by atoms with Gasteiger partial charge in [0.15, 0.2) is 9.84 Å². The Kier molecular flexibility index (Phi) is 3.35. The zero-order chi connectivity index (χ0) is 12.5. The summed E-state index contributed by atoms with van der Waals surface area (Å²) >= 11 is 0. The fraction of sp³-hybridized carbons (Fsp3) is 0.545. The quantitative estimate of drug-likeness (QED) is 0.797. The molecule has 2 heterocycles. The highest BCUT2D eigenvalue weighted by molar-refractivity contribution is 7.90. The molecule has 2 rings (SSSR count). The van der Waals surface area contributed by atoms with Crippen molar-refractivity contribution in [1.82, 2.24) is 4.98 Å². The maximum Gasteiger partial charge on any atom is 0.177 e. The lowest BCUT2D eigenvalue weighted by Crippen LogP contribution is -2.22. The molecule has 0 saturated carbocycles. The van der Waals surface area contributed by atoms with Crippen LogP contribution in [-0.2, 0) is 14.6 Å². The second kappa shape index (κ2) is 4.62. The van der Waals surface area contributed by atoms with Crippen LogP contribution in [0.25, 0.3) is 0 Å². The van der Waals surface area contributed by atoms with Crippen LogP contribution in [0.1, 0.15) is 6.42 Å². The standard InChI is InChI=1S/C11H16N2O3S/c1-16-10-3-4-13(8-10)9-5-11(7-12-6-9)17(2,14)15/h5-7,10H,3-4,8H2,1-2H3/t10-/m1/s1. The first kappa shape index (κ1) is 12.3. The zero-order valence-electron chi connectivity index (χ0n) is 9.96. The van der Waals surface area contributed by atoms with Gasteiger partial charge in [-0.1, -0.05) is 0 Å². The molecular formula is C11H16N2O3S. The van der Waals surface area contributed by atoms with Crippen LogP contribution in [0.4, 0.5) is 5.69 Å². The molecule has 1 saturated heterocycles. The average Bonchev–Trinajstić information content (AvgIpc) is 2.76. The maximum absolute atomic E-state index is 11.4. The molecular weight excluding hydrogens is 240 g/mol. The Labute approximate surface area is 101 Å². The van der Waals surface area contributed by atoms with E-state index in [2.05, 4.69) is 9.88 Å². The molecule has 0 aliphatic carbocycles. The first-order valence-corrected chi connectivity index (χ1v) is 7.32. The second-order valence-electron chi connectivity index (χ2n) is 4.24. The predicted octanol–water partition coefficient (Wildman–Crippen LogP) is 0.710. The van der Waals surface area contributed by atoms with Crippen molar-refractivity contribution >= 4 is 15.5 Å². The van der Waals surface area contributed by atoms with Gasteiger partial charge < -0.3 is 9.64 Å². The molecule has 1 fully saturated rings. The first-order valence-electron chi connectivity index (χ1n) is 5.43. The normalized spacial score (nSPS) is 20.8. The SMILES string of the molecule is CO[C@@H]1CCN(c2cncc(S(C)(=O)=O)c2)C1. The lowest BCUT2D eigenvalue weighted by atomic mass is 10.3. The van der Waals surface area contributed by atoms with Gasteiger partial charge in [0.1, 0.15) is 0 Å². The van der Waals surface area contributed by atoms with Gasteiger partial charge in [0.05, 0.1) is 22.9 Å². The number of hydrogen-bond donors (Lipinski definition) is 0. The van der Waals surface area contributed by atoms with Crippen molar-refractivity contribution < 1.29 is 13.2 Å². The molecule has 94 valence electrons. The molecule has 0 N–H and O–H groups in total. The van der Waals surface area contributed by atoms with E-state index in [1.807, 2.05) is 0 Å². The minimum absolute atomic E-state index is 0.219. The largest absolute Gasteiger partial charge is 0.380 e. The van der Waals surface area contributed by atoms with Gasteiger partial charge in [-0.2, -0.15) is 0 Å². The summed E-state index contributed by atoms with van der Waals surface area (Å²) in [5.41, 5.74) is 0.840. The van der Waals surface area contributed by atoms with Gasteiger partial charge in [0.25, 0.3) is 0 Å². The molecule has 6 heteroatoms. The van der Waals surface area contributed by atoms with Crippen LogP contribution in [0.15, 0.2) is 23.4 Å². The Balaban J connectivity index is 2.23. The second-order valence-corrected chi connectivity index (χ2v) is 6.26. The highest BCUT2D eigenvalue weighted by atomic mass is 32.2. The van der Waals surface area contributed by atoms with E-state index in [0.29, 0.717) is 0 Å².